The number of halogens is 4. The molecule has 0 spiro atoms. The summed E-state index contributed by atoms with van der Waals surface area (Å²) >= 11 is 5.89. The number of nitrogens with one attached hydrogen (secondary N) is 2. The van der Waals surface area contributed by atoms with Gasteiger partial charge in [0, 0.05) is 23.1 Å². The zero-order valence-corrected chi connectivity index (χ0v) is 15.4. The highest BCUT2D eigenvalue weighted by Crippen LogP contribution is 2.30. The quantitative estimate of drug-likeness (QED) is 0.567. The van der Waals surface area contributed by atoms with Crippen molar-refractivity contribution in [1.82, 2.24) is 4.98 Å². The summed E-state index contributed by atoms with van der Waals surface area (Å²) in [5.74, 6) is -1.14. The predicted octanol–water partition coefficient (Wildman–Crippen LogP) is 5.26. The Morgan fingerprint density at radius 3 is 2.21 bits per heavy atom. The molecule has 2 aromatic carbocycles. The van der Waals surface area contributed by atoms with Gasteiger partial charge in [-0.3, -0.25) is 9.59 Å². The van der Waals surface area contributed by atoms with E-state index < -0.39 is 23.6 Å². The Morgan fingerprint density at radius 2 is 1.52 bits per heavy atom. The number of aromatic nitrogens is 1. The summed E-state index contributed by atoms with van der Waals surface area (Å²) in [6.07, 6.45) is -3.07. The van der Waals surface area contributed by atoms with Gasteiger partial charge in [-0.05, 0) is 48.5 Å². The standard InChI is InChI=1S/C20H13ClF3N3O2/c21-17-16(8-3-9-25-17)19(29)27-14-6-1-4-12(10-14)18(28)26-15-7-2-5-13(11-15)20(22,23)24/h1-11H,(H,26,28)(H,27,29). The van der Waals surface area contributed by atoms with E-state index in [0.29, 0.717) is 5.69 Å². The third-order valence-electron chi connectivity index (χ3n) is 3.83. The molecule has 0 saturated heterocycles. The molecule has 0 aliphatic carbocycles. The molecule has 9 heteroatoms. The minimum Gasteiger partial charge on any atom is -0.322 e. The maximum Gasteiger partial charge on any atom is 0.416 e. The van der Waals surface area contributed by atoms with Gasteiger partial charge in [0.05, 0.1) is 11.1 Å². The molecule has 29 heavy (non-hydrogen) atoms. The van der Waals surface area contributed by atoms with Crippen LogP contribution < -0.4 is 10.6 Å². The van der Waals surface area contributed by atoms with Gasteiger partial charge in [-0.25, -0.2) is 4.98 Å². The normalized spacial score (nSPS) is 11.0. The molecule has 2 N–H and O–H groups in total. The van der Waals surface area contributed by atoms with Crippen LogP contribution in [0.3, 0.4) is 0 Å². The number of pyridine rings is 1. The van der Waals surface area contributed by atoms with Crippen LogP contribution in [0.5, 0.6) is 0 Å². The molecule has 5 nitrogen and oxygen atoms in total. The third kappa shape index (κ3) is 5.11. The summed E-state index contributed by atoms with van der Waals surface area (Å²) in [6.45, 7) is 0. The molecule has 0 bridgehead atoms. The van der Waals surface area contributed by atoms with Gasteiger partial charge < -0.3 is 10.6 Å². The summed E-state index contributed by atoms with van der Waals surface area (Å²) in [6, 6.07) is 13.3. The van der Waals surface area contributed by atoms with E-state index in [-0.39, 0.29) is 22.0 Å². The predicted molar refractivity (Wildman–Crippen MR) is 103 cm³/mol. The number of nitrogens with zero attached hydrogens (tertiary/aromatic N) is 1. The smallest absolute Gasteiger partial charge is 0.322 e. The minimum atomic E-state index is -4.52. The Kier molecular flexibility index (Phi) is 5.84. The lowest BCUT2D eigenvalue weighted by Gasteiger charge is -2.11. The van der Waals surface area contributed by atoms with Crippen molar-refractivity contribution in [3.8, 4) is 0 Å². The molecule has 3 aromatic rings. The van der Waals surface area contributed by atoms with Crippen LogP contribution in [0.15, 0.2) is 66.9 Å². The van der Waals surface area contributed by atoms with Crippen molar-refractivity contribution in [1.29, 1.82) is 0 Å². The summed E-state index contributed by atoms with van der Waals surface area (Å²) in [5.41, 5.74) is -0.247. The van der Waals surface area contributed by atoms with Crippen LogP contribution in [0.25, 0.3) is 0 Å². The lowest BCUT2D eigenvalue weighted by Crippen LogP contribution is -2.15. The topological polar surface area (TPSA) is 71.1 Å². The first-order valence-electron chi connectivity index (χ1n) is 8.24. The van der Waals surface area contributed by atoms with Gasteiger partial charge in [0.2, 0.25) is 0 Å². The number of hydrogen-bond acceptors (Lipinski definition) is 3. The molecule has 2 amide bonds. The van der Waals surface area contributed by atoms with Crippen molar-refractivity contribution in [2.24, 2.45) is 0 Å². The molecule has 0 unspecified atom stereocenters. The number of rotatable bonds is 4. The summed E-state index contributed by atoms with van der Waals surface area (Å²) in [4.78, 5) is 28.5. The van der Waals surface area contributed by atoms with Gasteiger partial charge >= 0.3 is 6.18 Å². The van der Waals surface area contributed by atoms with E-state index in [1.807, 2.05) is 0 Å². The lowest BCUT2D eigenvalue weighted by molar-refractivity contribution is -0.137. The zero-order valence-electron chi connectivity index (χ0n) is 14.6. The van der Waals surface area contributed by atoms with E-state index in [4.69, 9.17) is 11.6 Å². The maximum absolute atomic E-state index is 12.8. The first kappa shape index (κ1) is 20.3. The molecule has 1 aromatic heterocycles. The average Bonchev–Trinajstić information content (AvgIpc) is 2.68. The SMILES string of the molecule is O=C(Nc1cccc(C(F)(F)F)c1)c1cccc(NC(=O)c2cccnc2Cl)c1. The van der Waals surface area contributed by atoms with Crippen molar-refractivity contribution in [2.45, 2.75) is 6.18 Å². The first-order valence-corrected chi connectivity index (χ1v) is 8.62. The van der Waals surface area contributed by atoms with E-state index in [1.165, 1.54) is 42.6 Å². The second kappa shape index (κ2) is 8.32. The summed E-state index contributed by atoms with van der Waals surface area (Å²) in [7, 11) is 0. The highest BCUT2D eigenvalue weighted by molar-refractivity contribution is 6.33. The van der Waals surface area contributed by atoms with Crippen LogP contribution in [-0.2, 0) is 6.18 Å². The number of alkyl halides is 3. The summed E-state index contributed by atoms with van der Waals surface area (Å²) < 4.78 is 38.4. The lowest BCUT2D eigenvalue weighted by atomic mass is 10.1. The molecule has 0 aliphatic rings. The van der Waals surface area contributed by atoms with Crippen molar-refractivity contribution >= 4 is 34.8 Å². The number of carbonyl (C=O) groups excluding carboxylic acids is 2. The number of benzene rings is 2. The van der Waals surface area contributed by atoms with Crippen molar-refractivity contribution in [3.05, 3.63) is 88.7 Å². The summed E-state index contributed by atoms with van der Waals surface area (Å²) in [5, 5.41) is 5.04. The molecule has 1 heterocycles. The highest BCUT2D eigenvalue weighted by atomic mass is 35.5. The Labute approximate surface area is 168 Å². The van der Waals surface area contributed by atoms with E-state index in [2.05, 4.69) is 15.6 Å². The van der Waals surface area contributed by atoms with Crippen LogP contribution in [0.4, 0.5) is 24.5 Å². The Morgan fingerprint density at radius 1 is 0.862 bits per heavy atom. The van der Waals surface area contributed by atoms with Crippen molar-refractivity contribution < 1.29 is 22.8 Å². The van der Waals surface area contributed by atoms with Gasteiger partial charge in [0.1, 0.15) is 5.15 Å². The van der Waals surface area contributed by atoms with E-state index in [1.54, 1.807) is 12.1 Å². The minimum absolute atomic E-state index is 0.00130. The zero-order chi connectivity index (χ0) is 21.0. The Hall–Kier alpha value is -3.39. The largest absolute Gasteiger partial charge is 0.416 e. The fourth-order valence-corrected chi connectivity index (χ4v) is 2.67. The molecule has 0 fully saturated rings. The van der Waals surface area contributed by atoms with Gasteiger partial charge in [-0.15, -0.1) is 0 Å². The molecule has 0 radical (unpaired) electrons. The number of anilines is 2. The molecular weight excluding hydrogens is 407 g/mol. The number of amides is 2. The van der Waals surface area contributed by atoms with Gasteiger partial charge in [-0.2, -0.15) is 13.2 Å². The van der Waals surface area contributed by atoms with Crippen molar-refractivity contribution in [3.63, 3.8) is 0 Å². The van der Waals surface area contributed by atoms with Gasteiger partial charge in [0.15, 0.2) is 0 Å². The van der Waals surface area contributed by atoms with Crippen molar-refractivity contribution in [2.75, 3.05) is 10.6 Å². The molecule has 3 rings (SSSR count). The van der Waals surface area contributed by atoms with Gasteiger partial charge in [0.25, 0.3) is 11.8 Å². The van der Waals surface area contributed by atoms with Crippen LogP contribution in [0.1, 0.15) is 26.3 Å². The fraction of sp³-hybridized carbons (Fsp3) is 0.0500. The van der Waals surface area contributed by atoms with E-state index in [9.17, 15) is 22.8 Å². The molecule has 148 valence electrons. The van der Waals surface area contributed by atoms with Crippen LogP contribution in [-0.4, -0.2) is 16.8 Å². The molecule has 0 aliphatic heterocycles. The van der Waals surface area contributed by atoms with Crippen LogP contribution in [0.2, 0.25) is 5.15 Å². The van der Waals surface area contributed by atoms with E-state index in [0.717, 1.165) is 12.1 Å². The Bertz CT molecular complexity index is 1070. The van der Waals surface area contributed by atoms with E-state index >= 15 is 0 Å². The van der Waals surface area contributed by atoms with Gasteiger partial charge in [-0.1, -0.05) is 23.7 Å². The second-order valence-corrected chi connectivity index (χ2v) is 6.27. The first-order chi connectivity index (χ1) is 13.7. The second-order valence-electron chi connectivity index (χ2n) is 5.91. The third-order valence-corrected chi connectivity index (χ3v) is 4.14. The maximum atomic E-state index is 12.8. The number of hydrogen-bond donors (Lipinski definition) is 2. The Balaban J connectivity index is 1.75. The molecular formula is C20H13ClF3N3O2. The van der Waals surface area contributed by atoms with Crippen LogP contribution >= 0.6 is 11.6 Å². The number of carbonyl (C=O) groups is 2. The van der Waals surface area contributed by atoms with Crippen LogP contribution in [0, 0.1) is 0 Å². The molecule has 0 saturated carbocycles. The highest BCUT2D eigenvalue weighted by Gasteiger charge is 2.30. The average molecular weight is 420 g/mol. The molecule has 0 atom stereocenters. The fourth-order valence-electron chi connectivity index (χ4n) is 2.47. The monoisotopic (exact) mass is 419 g/mol.